The van der Waals surface area contributed by atoms with E-state index in [-0.39, 0.29) is 42.7 Å². The van der Waals surface area contributed by atoms with E-state index in [2.05, 4.69) is 38.2 Å². The molecule has 2 atom stereocenters. The summed E-state index contributed by atoms with van der Waals surface area (Å²) in [6, 6.07) is -0.725. The van der Waals surface area contributed by atoms with Gasteiger partial charge in [0.15, 0.2) is 6.10 Å². The van der Waals surface area contributed by atoms with Gasteiger partial charge in [0.05, 0.1) is 40.3 Å². The zero-order valence-corrected chi connectivity index (χ0v) is 38.7. The number of hydrogen-bond donors (Lipinski definition) is 0. The van der Waals surface area contributed by atoms with E-state index in [1.54, 1.807) is 21.1 Å². The molecule has 0 bridgehead atoms. The number of carbonyl (C=O) groups excluding carboxylic acids is 3. The highest BCUT2D eigenvalue weighted by atomic mass is 16.6. The molecule has 0 amide bonds. The largest absolute Gasteiger partial charge is 0.544 e. The van der Waals surface area contributed by atoms with Gasteiger partial charge in [0, 0.05) is 19.3 Å². The summed E-state index contributed by atoms with van der Waals surface area (Å²) in [5.41, 5.74) is 0. The molecule has 0 aromatic heterocycles. The second kappa shape index (κ2) is 41.5. The number of carbonyl (C=O) groups is 3. The van der Waals surface area contributed by atoms with Crippen LogP contribution in [0.3, 0.4) is 0 Å². The Labute approximate surface area is 358 Å². The van der Waals surface area contributed by atoms with Gasteiger partial charge in [-0.05, 0) is 38.5 Å². The molecule has 0 radical (unpaired) electrons. The Bertz CT molecular complexity index is 1000. The van der Waals surface area contributed by atoms with E-state index < -0.39 is 18.1 Å². The van der Waals surface area contributed by atoms with Gasteiger partial charge in [-0.3, -0.25) is 9.59 Å². The second-order valence-corrected chi connectivity index (χ2v) is 17.7. The van der Waals surface area contributed by atoms with Crippen molar-refractivity contribution in [3.05, 3.63) is 24.3 Å². The molecule has 8 nitrogen and oxygen atoms in total. The van der Waals surface area contributed by atoms with Gasteiger partial charge in [-0.25, -0.2) is 0 Å². The number of carboxylic acids is 1. The zero-order valence-electron chi connectivity index (χ0n) is 38.7. The van der Waals surface area contributed by atoms with E-state index in [1.807, 2.05) is 0 Å². The van der Waals surface area contributed by atoms with Crippen LogP contribution in [0.1, 0.15) is 226 Å². The SMILES string of the molecule is CC/C=C/C/C=C/CCCCCCCC(=O)OC(COCCC(C(=O)[O-])[N+](C)(C)C)COC(=O)CCCCCCCCCCCCCCCCCCCCCCCC. The van der Waals surface area contributed by atoms with Crippen LogP contribution in [0.25, 0.3) is 0 Å². The minimum atomic E-state index is -1.13. The van der Waals surface area contributed by atoms with Crippen LogP contribution in [0.15, 0.2) is 24.3 Å². The molecular formula is C50H93NO7. The molecular weight excluding hydrogens is 727 g/mol. The first-order valence-electron chi connectivity index (χ1n) is 24.4. The highest BCUT2D eigenvalue weighted by Gasteiger charge is 2.25. The van der Waals surface area contributed by atoms with Crippen LogP contribution in [-0.2, 0) is 28.6 Å². The number of likely N-dealkylation sites (N-methyl/N-ethyl adjacent to an activating group) is 1. The smallest absolute Gasteiger partial charge is 0.306 e. The first-order chi connectivity index (χ1) is 28.1. The summed E-state index contributed by atoms with van der Waals surface area (Å²) in [5.74, 6) is -1.74. The molecule has 2 unspecified atom stereocenters. The van der Waals surface area contributed by atoms with Crippen molar-refractivity contribution in [3.8, 4) is 0 Å². The van der Waals surface area contributed by atoms with Crippen molar-refractivity contribution >= 4 is 17.9 Å². The van der Waals surface area contributed by atoms with E-state index in [1.165, 1.54) is 122 Å². The fourth-order valence-electron chi connectivity index (χ4n) is 7.35. The minimum Gasteiger partial charge on any atom is -0.544 e. The lowest BCUT2D eigenvalue weighted by atomic mass is 10.0. The van der Waals surface area contributed by atoms with Gasteiger partial charge in [-0.2, -0.15) is 0 Å². The number of unbranched alkanes of at least 4 members (excludes halogenated alkanes) is 26. The van der Waals surface area contributed by atoms with Crippen LogP contribution < -0.4 is 5.11 Å². The number of allylic oxidation sites excluding steroid dienone is 4. The van der Waals surface area contributed by atoms with Gasteiger partial charge in [0.1, 0.15) is 12.6 Å². The predicted octanol–water partition coefficient (Wildman–Crippen LogP) is 12.3. The molecule has 0 heterocycles. The Morgan fingerprint density at radius 1 is 0.534 bits per heavy atom. The summed E-state index contributed by atoms with van der Waals surface area (Å²) < 4.78 is 17.2. The lowest BCUT2D eigenvalue weighted by Crippen LogP contribution is -2.55. The summed E-state index contributed by atoms with van der Waals surface area (Å²) in [5, 5.41) is 11.6. The maximum absolute atomic E-state index is 12.7. The first-order valence-corrected chi connectivity index (χ1v) is 24.4. The maximum Gasteiger partial charge on any atom is 0.306 e. The third-order valence-corrected chi connectivity index (χ3v) is 11.1. The molecule has 0 rings (SSSR count). The quantitative estimate of drug-likeness (QED) is 0.0261. The standard InChI is InChI=1S/C50H93NO7/c1-6-8-10-12-14-16-18-20-21-22-23-24-25-26-27-28-29-31-32-34-36-38-40-48(52)57-45-46(44-56-43-42-47(50(54)55)51(3,4)5)58-49(53)41-39-37-35-33-30-19-17-15-13-11-9-7-2/h9,11,15,17,46-47H,6-8,10,12-14,16,18-45H2,1-5H3/b11-9+,17-15+. The second-order valence-electron chi connectivity index (χ2n) is 17.7. The van der Waals surface area contributed by atoms with Crippen LogP contribution in [0.5, 0.6) is 0 Å². The van der Waals surface area contributed by atoms with Crippen molar-refractivity contribution in [1.29, 1.82) is 0 Å². The third-order valence-electron chi connectivity index (χ3n) is 11.1. The number of quaternary nitrogens is 1. The number of aliphatic carboxylic acids is 1. The number of nitrogens with zero attached hydrogens (tertiary/aromatic N) is 1. The van der Waals surface area contributed by atoms with E-state index in [0.29, 0.717) is 12.8 Å². The molecule has 0 aliphatic rings. The molecule has 0 aliphatic heterocycles. The third kappa shape index (κ3) is 39.3. The van der Waals surface area contributed by atoms with Crippen LogP contribution in [0, 0.1) is 0 Å². The van der Waals surface area contributed by atoms with E-state index in [9.17, 15) is 19.5 Å². The average Bonchev–Trinajstić information content (AvgIpc) is 3.18. The lowest BCUT2D eigenvalue weighted by Gasteiger charge is -2.34. The van der Waals surface area contributed by atoms with Crippen molar-refractivity contribution in [1.82, 2.24) is 0 Å². The zero-order chi connectivity index (χ0) is 42.8. The lowest BCUT2D eigenvalue weighted by molar-refractivity contribution is -0.889. The fraction of sp³-hybridized carbons (Fsp3) is 0.860. The molecule has 58 heavy (non-hydrogen) atoms. The number of ether oxygens (including phenoxy) is 3. The van der Waals surface area contributed by atoms with E-state index >= 15 is 0 Å². The molecule has 0 aromatic carbocycles. The van der Waals surface area contributed by atoms with Crippen molar-refractivity contribution in [2.24, 2.45) is 0 Å². The van der Waals surface area contributed by atoms with Gasteiger partial charge >= 0.3 is 11.9 Å². The van der Waals surface area contributed by atoms with Gasteiger partial charge in [-0.15, -0.1) is 0 Å². The average molecular weight is 820 g/mol. The van der Waals surface area contributed by atoms with Crippen molar-refractivity contribution in [3.63, 3.8) is 0 Å². The van der Waals surface area contributed by atoms with Gasteiger partial charge < -0.3 is 28.6 Å². The molecule has 340 valence electrons. The van der Waals surface area contributed by atoms with Crippen LogP contribution in [-0.4, -0.2) is 75.5 Å². The number of esters is 2. The summed E-state index contributed by atoms with van der Waals surface area (Å²) in [6.45, 7) is 4.57. The Hall–Kier alpha value is -2.19. The molecule has 8 heteroatoms. The normalized spacial score (nSPS) is 13.1. The maximum atomic E-state index is 12.7. The van der Waals surface area contributed by atoms with Gasteiger partial charge in [0.25, 0.3) is 0 Å². The first kappa shape index (κ1) is 55.8. The molecule has 0 saturated carbocycles. The molecule has 0 spiro atoms. The Morgan fingerprint density at radius 2 is 0.966 bits per heavy atom. The van der Waals surface area contributed by atoms with Crippen LogP contribution in [0.2, 0.25) is 0 Å². The molecule has 0 N–H and O–H groups in total. The molecule has 0 saturated heterocycles. The number of hydrogen-bond acceptors (Lipinski definition) is 7. The number of carboxylic acid groups (broad SMARTS) is 1. The van der Waals surface area contributed by atoms with Crippen molar-refractivity contribution in [2.45, 2.75) is 238 Å². The van der Waals surface area contributed by atoms with Crippen LogP contribution >= 0.6 is 0 Å². The molecule has 0 aliphatic carbocycles. The van der Waals surface area contributed by atoms with Crippen LogP contribution in [0.4, 0.5) is 0 Å². The summed E-state index contributed by atoms with van der Waals surface area (Å²) >= 11 is 0. The van der Waals surface area contributed by atoms with Crippen molar-refractivity contribution in [2.75, 3.05) is 41.0 Å². The molecule has 0 aromatic rings. The Balaban J connectivity index is 4.16. The summed E-state index contributed by atoms with van der Waals surface area (Å²) in [6.07, 6.45) is 46.5. The highest BCUT2D eigenvalue weighted by molar-refractivity contribution is 5.70. The van der Waals surface area contributed by atoms with E-state index in [4.69, 9.17) is 14.2 Å². The Kier molecular flexibility index (Phi) is 40.0. The predicted molar refractivity (Wildman–Crippen MR) is 240 cm³/mol. The number of rotatable bonds is 44. The van der Waals surface area contributed by atoms with Crippen molar-refractivity contribution < 1.29 is 38.2 Å². The summed E-state index contributed by atoms with van der Waals surface area (Å²) in [4.78, 5) is 36.9. The topological polar surface area (TPSA) is 102 Å². The van der Waals surface area contributed by atoms with E-state index in [0.717, 1.165) is 70.6 Å². The highest BCUT2D eigenvalue weighted by Crippen LogP contribution is 2.16. The minimum absolute atomic E-state index is 0.0388. The summed E-state index contributed by atoms with van der Waals surface area (Å²) in [7, 11) is 5.41. The van der Waals surface area contributed by atoms with Gasteiger partial charge in [0.2, 0.25) is 0 Å². The fourth-order valence-corrected chi connectivity index (χ4v) is 7.35. The monoisotopic (exact) mass is 820 g/mol. The Morgan fingerprint density at radius 3 is 1.41 bits per heavy atom. The molecule has 0 fully saturated rings. The van der Waals surface area contributed by atoms with Gasteiger partial charge in [-0.1, -0.05) is 192 Å².